The van der Waals surface area contributed by atoms with Crippen molar-refractivity contribution in [2.24, 2.45) is 4.99 Å². The summed E-state index contributed by atoms with van der Waals surface area (Å²) in [5, 5.41) is 3.38. The third kappa shape index (κ3) is 4.86. The summed E-state index contributed by atoms with van der Waals surface area (Å²) >= 11 is 3.37. The summed E-state index contributed by atoms with van der Waals surface area (Å²) in [5.74, 6) is -0.498. The van der Waals surface area contributed by atoms with Gasteiger partial charge in [-0.3, -0.25) is 4.79 Å². The largest absolute Gasteiger partial charge is 0.438 e. The zero-order valence-electron chi connectivity index (χ0n) is 15.8. The van der Waals surface area contributed by atoms with Crippen molar-refractivity contribution in [3.63, 3.8) is 0 Å². The van der Waals surface area contributed by atoms with E-state index in [0.717, 1.165) is 16.6 Å². The lowest BCUT2D eigenvalue weighted by atomic mass is 10.1. The van der Waals surface area contributed by atoms with Crippen LogP contribution in [0.1, 0.15) is 15.9 Å². The number of hydrogen-bond acceptors (Lipinski definition) is 3. The summed E-state index contributed by atoms with van der Waals surface area (Å²) < 4.78 is 45.8. The number of hydrogen-bond donors (Lipinski definition) is 1. The Hall–Kier alpha value is -3.39. The number of benzene rings is 3. The SMILES string of the molecule is O=C(Nc1ccccc1)c1cc2cc(Br)ccc2oc1=Nc1cccc(C(F)(F)F)c1. The van der Waals surface area contributed by atoms with Crippen molar-refractivity contribution in [2.45, 2.75) is 6.18 Å². The zero-order valence-corrected chi connectivity index (χ0v) is 17.4. The Morgan fingerprint density at radius 2 is 1.71 bits per heavy atom. The average Bonchev–Trinajstić information content (AvgIpc) is 2.74. The van der Waals surface area contributed by atoms with Crippen molar-refractivity contribution < 1.29 is 22.4 Å². The quantitative estimate of drug-likeness (QED) is 0.350. The molecule has 0 radical (unpaired) electrons. The molecule has 0 saturated carbocycles. The number of rotatable bonds is 3. The first-order valence-electron chi connectivity index (χ1n) is 9.11. The van der Waals surface area contributed by atoms with E-state index in [2.05, 4.69) is 26.2 Å². The Morgan fingerprint density at radius 1 is 0.935 bits per heavy atom. The standard InChI is InChI=1S/C23H14BrF3N2O2/c24-16-9-10-20-14(11-16)12-19(21(30)28-17-6-2-1-3-7-17)22(31-20)29-18-8-4-5-15(13-18)23(25,26)27/h1-13H,(H,28,30). The summed E-state index contributed by atoms with van der Waals surface area (Å²) in [6.45, 7) is 0. The zero-order chi connectivity index (χ0) is 22.0. The molecule has 8 heteroatoms. The third-order valence-corrected chi connectivity index (χ3v) is 4.88. The van der Waals surface area contributed by atoms with E-state index in [-0.39, 0.29) is 16.8 Å². The molecule has 156 valence electrons. The first-order valence-corrected chi connectivity index (χ1v) is 9.91. The molecule has 0 aliphatic carbocycles. The van der Waals surface area contributed by atoms with Crippen LogP contribution in [0, 0.1) is 0 Å². The van der Waals surface area contributed by atoms with Crippen LogP contribution in [0.3, 0.4) is 0 Å². The topological polar surface area (TPSA) is 54.6 Å². The number of carbonyl (C=O) groups is 1. The Bertz CT molecular complexity index is 1330. The van der Waals surface area contributed by atoms with E-state index in [0.29, 0.717) is 16.7 Å². The molecule has 31 heavy (non-hydrogen) atoms. The number of halogens is 4. The fourth-order valence-corrected chi connectivity index (χ4v) is 3.31. The maximum Gasteiger partial charge on any atom is 0.416 e. The maximum atomic E-state index is 13.1. The van der Waals surface area contributed by atoms with Crippen molar-refractivity contribution in [3.05, 3.63) is 100 Å². The number of nitrogens with zero attached hydrogens (tertiary/aromatic N) is 1. The lowest BCUT2D eigenvalue weighted by Crippen LogP contribution is -2.21. The van der Waals surface area contributed by atoms with Gasteiger partial charge in [-0.1, -0.05) is 40.2 Å². The van der Waals surface area contributed by atoms with Crippen molar-refractivity contribution in [1.29, 1.82) is 0 Å². The predicted molar refractivity (Wildman–Crippen MR) is 115 cm³/mol. The van der Waals surface area contributed by atoms with Gasteiger partial charge in [-0.15, -0.1) is 0 Å². The average molecular weight is 487 g/mol. The van der Waals surface area contributed by atoms with Crippen molar-refractivity contribution >= 4 is 44.2 Å². The highest BCUT2D eigenvalue weighted by atomic mass is 79.9. The van der Waals surface area contributed by atoms with Crippen LogP contribution in [0.2, 0.25) is 0 Å². The molecule has 0 bridgehead atoms. The van der Waals surface area contributed by atoms with Gasteiger partial charge in [0.05, 0.1) is 11.3 Å². The van der Waals surface area contributed by atoms with Crippen LogP contribution in [-0.2, 0) is 6.18 Å². The summed E-state index contributed by atoms with van der Waals surface area (Å²) in [6, 6.07) is 20.1. The predicted octanol–water partition coefficient (Wildman–Crippen LogP) is 6.70. The molecular formula is C23H14BrF3N2O2. The summed E-state index contributed by atoms with van der Waals surface area (Å²) in [7, 11) is 0. The molecule has 3 aromatic carbocycles. The lowest BCUT2D eigenvalue weighted by molar-refractivity contribution is -0.137. The van der Waals surface area contributed by atoms with Gasteiger partial charge < -0.3 is 9.73 Å². The third-order valence-electron chi connectivity index (χ3n) is 4.39. The van der Waals surface area contributed by atoms with Gasteiger partial charge in [-0.2, -0.15) is 13.2 Å². The Kier molecular flexibility index (Phi) is 5.65. The Morgan fingerprint density at radius 3 is 2.45 bits per heavy atom. The van der Waals surface area contributed by atoms with Crippen LogP contribution in [0.15, 0.2) is 92.7 Å². The highest BCUT2D eigenvalue weighted by molar-refractivity contribution is 9.10. The molecule has 1 heterocycles. The number of alkyl halides is 3. The second kappa shape index (κ2) is 8.39. The van der Waals surface area contributed by atoms with E-state index in [4.69, 9.17) is 4.42 Å². The number of anilines is 1. The Balaban J connectivity index is 1.87. The molecule has 4 nitrogen and oxygen atoms in total. The maximum absolute atomic E-state index is 13.1. The van der Waals surface area contributed by atoms with Crippen LogP contribution >= 0.6 is 15.9 Å². The van der Waals surface area contributed by atoms with E-state index >= 15 is 0 Å². The van der Waals surface area contributed by atoms with Crippen LogP contribution < -0.4 is 10.9 Å². The van der Waals surface area contributed by atoms with E-state index < -0.39 is 17.6 Å². The second-order valence-electron chi connectivity index (χ2n) is 6.63. The second-order valence-corrected chi connectivity index (χ2v) is 7.54. The summed E-state index contributed by atoms with van der Waals surface area (Å²) in [5.41, 5.74) is 0.170. The Labute approximate surface area is 183 Å². The van der Waals surface area contributed by atoms with Crippen molar-refractivity contribution in [1.82, 2.24) is 0 Å². The molecule has 1 aromatic heterocycles. The first kappa shape index (κ1) is 20.9. The number of para-hydroxylation sites is 1. The minimum atomic E-state index is -4.51. The van der Waals surface area contributed by atoms with E-state index in [1.54, 1.807) is 48.5 Å². The van der Waals surface area contributed by atoms with Gasteiger partial charge in [-0.05, 0) is 54.6 Å². The highest BCUT2D eigenvalue weighted by Gasteiger charge is 2.30. The number of carbonyl (C=O) groups excluding carboxylic acids is 1. The molecule has 1 N–H and O–H groups in total. The normalized spacial score (nSPS) is 12.2. The molecule has 0 aliphatic heterocycles. The molecule has 0 unspecified atom stereocenters. The minimum Gasteiger partial charge on any atom is -0.438 e. The molecule has 0 spiro atoms. The number of nitrogens with one attached hydrogen (secondary N) is 1. The first-order chi connectivity index (χ1) is 14.8. The van der Waals surface area contributed by atoms with Crippen LogP contribution in [0.25, 0.3) is 11.0 Å². The highest BCUT2D eigenvalue weighted by Crippen LogP contribution is 2.31. The number of fused-ring (bicyclic) bond motifs is 1. The molecule has 0 fully saturated rings. The van der Waals surface area contributed by atoms with Crippen molar-refractivity contribution in [3.8, 4) is 0 Å². The van der Waals surface area contributed by atoms with Crippen LogP contribution in [-0.4, -0.2) is 5.91 Å². The van der Waals surface area contributed by atoms with Crippen molar-refractivity contribution in [2.75, 3.05) is 5.32 Å². The summed E-state index contributed by atoms with van der Waals surface area (Å²) in [4.78, 5) is 17.2. The van der Waals surface area contributed by atoms with Gasteiger partial charge in [0.25, 0.3) is 5.91 Å². The fraction of sp³-hybridized carbons (Fsp3) is 0.0435. The van der Waals surface area contributed by atoms with Gasteiger partial charge in [0.15, 0.2) is 0 Å². The van der Waals surface area contributed by atoms with Gasteiger partial charge in [0.2, 0.25) is 5.55 Å². The van der Waals surface area contributed by atoms with Gasteiger partial charge in [0, 0.05) is 15.5 Å². The lowest BCUT2D eigenvalue weighted by Gasteiger charge is -2.08. The van der Waals surface area contributed by atoms with E-state index in [9.17, 15) is 18.0 Å². The monoisotopic (exact) mass is 486 g/mol. The molecular weight excluding hydrogens is 473 g/mol. The molecule has 0 atom stereocenters. The smallest absolute Gasteiger partial charge is 0.416 e. The fourth-order valence-electron chi connectivity index (χ4n) is 2.94. The molecule has 1 amide bonds. The van der Waals surface area contributed by atoms with E-state index in [1.165, 1.54) is 12.1 Å². The van der Waals surface area contributed by atoms with Crippen LogP contribution in [0.4, 0.5) is 24.5 Å². The minimum absolute atomic E-state index is 0.0174. The molecule has 0 saturated heterocycles. The molecule has 4 aromatic rings. The van der Waals surface area contributed by atoms with Gasteiger partial charge >= 0.3 is 6.18 Å². The van der Waals surface area contributed by atoms with Crippen LogP contribution in [0.5, 0.6) is 0 Å². The van der Waals surface area contributed by atoms with Gasteiger partial charge in [0.1, 0.15) is 11.1 Å². The molecule has 0 aliphatic rings. The molecule has 4 rings (SSSR count). The number of amides is 1. The van der Waals surface area contributed by atoms with Gasteiger partial charge in [-0.25, -0.2) is 4.99 Å². The summed E-state index contributed by atoms with van der Waals surface area (Å²) in [6.07, 6.45) is -4.51. The van der Waals surface area contributed by atoms with E-state index in [1.807, 2.05) is 6.07 Å².